The Hall–Kier alpha value is -0.610. The van der Waals surface area contributed by atoms with Crippen LogP contribution in [0.3, 0.4) is 0 Å². The van der Waals surface area contributed by atoms with E-state index in [0.717, 1.165) is 32.2 Å². The standard InChI is InChI=1S/C12H23NO3/c1-4-6-12(7-5-8-13-12)11(14)16-10(2)9-15-3/h10,13H,4-9H2,1-3H3. The molecule has 0 radical (unpaired) electrons. The van der Waals surface area contributed by atoms with Crippen molar-refractivity contribution in [1.82, 2.24) is 5.32 Å². The van der Waals surface area contributed by atoms with Crippen LogP contribution < -0.4 is 5.32 Å². The van der Waals surface area contributed by atoms with Crippen LogP contribution in [0.2, 0.25) is 0 Å². The van der Waals surface area contributed by atoms with Crippen molar-refractivity contribution in [2.24, 2.45) is 0 Å². The van der Waals surface area contributed by atoms with Gasteiger partial charge in [-0.15, -0.1) is 0 Å². The average Bonchev–Trinajstić information content (AvgIpc) is 2.68. The van der Waals surface area contributed by atoms with Crippen LogP contribution in [0.4, 0.5) is 0 Å². The van der Waals surface area contributed by atoms with Gasteiger partial charge < -0.3 is 14.8 Å². The van der Waals surface area contributed by atoms with Gasteiger partial charge in [0.25, 0.3) is 0 Å². The molecular formula is C12H23NO3. The van der Waals surface area contributed by atoms with E-state index in [0.29, 0.717) is 6.61 Å². The predicted octanol–water partition coefficient (Wildman–Crippen LogP) is 1.49. The predicted molar refractivity (Wildman–Crippen MR) is 62.3 cm³/mol. The molecule has 1 heterocycles. The SMILES string of the molecule is CCCC1(C(=O)OC(C)COC)CCCN1. The molecule has 4 heteroatoms. The number of carbonyl (C=O) groups excluding carboxylic acids is 1. The fraction of sp³-hybridized carbons (Fsp3) is 0.917. The number of rotatable bonds is 6. The monoisotopic (exact) mass is 229 g/mol. The van der Waals surface area contributed by atoms with Crippen molar-refractivity contribution in [3.05, 3.63) is 0 Å². The van der Waals surface area contributed by atoms with E-state index < -0.39 is 5.54 Å². The van der Waals surface area contributed by atoms with Gasteiger partial charge in [0, 0.05) is 7.11 Å². The fourth-order valence-corrected chi connectivity index (χ4v) is 2.29. The third-order valence-electron chi connectivity index (χ3n) is 3.02. The molecule has 94 valence electrons. The van der Waals surface area contributed by atoms with Gasteiger partial charge in [0.2, 0.25) is 0 Å². The third kappa shape index (κ3) is 3.19. The summed E-state index contributed by atoms with van der Waals surface area (Å²) in [5.74, 6) is -0.114. The second-order valence-corrected chi connectivity index (χ2v) is 4.53. The highest BCUT2D eigenvalue weighted by Crippen LogP contribution is 2.26. The fourth-order valence-electron chi connectivity index (χ4n) is 2.29. The number of nitrogens with one attached hydrogen (secondary N) is 1. The maximum absolute atomic E-state index is 12.1. The van der Waals surface area contributed by atoms with Gasteiger partial charge in [0.05, 0.1) is 6.61 Å². The highest BCUT2D eigenvalue weighted by molar-refractivity contribution is 5.81. The Labute approximate surface area is 97.7 Å². The Morgan fingerprint density at radius 1 is 1.56 bits per heavy atom. The molecule has 1 fully saturated rings. The van der Waals surface area contributed by atoms with Gasteiger partial charge in [0.1, 0.15) is 11.6 Å². The Balaban J connectivity index is 2.54. The van der Waals surface area contributed by atoms with E-state index >= 15 is 0 Å². The smallest absolute Gasteiger partial charge is 0.326 e. The molecule has 4 nitrogen and oxygen atoms in total. The largest absolute Gasteiger partial charge is 0.459 e. The molecule has 0 saturated carbocycles. The van der Waals surface area contributed by atoms with E-state index in [1.807, 2.05) is 6.92 Å². The quantitative estimate of drug-likeness (QED) is 0.701. The van der Waals surface area contributed by atoms with Crippen molar-refractivity contribution < 1.29 is 14.3 Å². The summed E-state index contributed by atoms with van der Waals surface area (Å²) < 4.78 is 10.4. The molecule has 16 heavy (non-hydrogen) atoms. The first-order valence-corrected chi connectivity index (χ1v) is 6.09. The summed E-state index contributed by atoms with van der Waals surface area (Å²) in [6.07, 6.45) is 3.60. The van der Waals surface area contributed by atoms with E-state index in [2.05, 4.69) is 12.2 Å². The van der Waals surface area contributed by atoms with Crippen molar-refractivity contribution in [3.8, 4) is 0 Å². The van der Waals surface area contributed by atoms with Crippen LogP contribution in [0.25, 0.3) is 0 Å². The summed E-state index contributed by atoms with van der Waals surface area (Å²) >= 11 is 0. The highest BCUT2D eigenvalue weighted by atomic mass is 16.6. The van der Waals surface area contributed by atoms with Crippen LogP contribution >= 0.6 is 0 Å². The first kappa shape index (κ1) is 13.5. The molecule has 2 unspecified atom stereocenters. The molecule has 1 aliphatic rings. The molecule has 0 bridgehead atoms. The molecule has 0 aromatic carbocycles. The molecule has 1 rings (SSSR count). The summed E-state index contributed by atoms with van der Waals surface area (Å²) in [4.78, 5) is 12.1. The Morgan fingerprint density at radius 2 is 2.31 bits per heavy atom. The topological polar surface area (TPSA) is 47.6 Å². The number of methoxy groups -OCH3 is 1. The lowest BCUT2D eigenvalue weighted by Gasteiger charge is -2.28. The summed E-state index contributed by atoms with van der Waals surface area (Å²) in [5.41, 5.74) is -0.434. The molecular weight excluding hydrogens is 206 g/mol. The van der Waals surface area contributed by atoms with Gasteiger partial charge in [-0.3, -0.25) is 4.79 Å². The van der Waals surface area contributed by atoms with Crippen LogP contribution in [0.15, 0.2) is 0 Å². The Morgan fingerprint density at radius 3 is 2.81 bits per heavy atom. The molecule has 1 saturated heterocycles. The van der Waals surface area contributed by atoms with Gasteiger partial charge in [-0.25, -0.2) is 0 Å². The van der Waals surface area contributed by atoms with Crippen molar-refractivity contribution in [1.29, 1.82) is 0 Å². The zero-order valence-corrected chi connectivity index (χ0v) is 10.5. The van der Waals surface area contributed by atoms with Gasteiger partial charge in [0.15, 0.2) is 0 Å². The minimum absolute atomic E-state index is 0.114. The lowest BCUT2D eigenvalue weighted by Crippen LogP contribution is -2.49. The lowest BCUT2D eigenvalue weighted by molar-refractivity contribution is -0.158. The second kappa shape index (κ2) is 6.21. The first-order valence-electron chi connectivity index (χ1n) is 6.09. The Bertz CT molecular complexity index is 224. The van der Waals surface area contributed by atoms with E-state index in [9.17, 15) is 4.79 Å². The van der Waals surface area contributed by atoms with Gasteiger partial charge in [-0.1, -0.05) is 13.3 Å². The van der Waals surface area contributed by atoms with E-state index in [4.69, 9.17) is 9.47 Å². The van der Waals surface area contributed by atoms with Crippen molar-refractivity contribution in [2.75, 3.05) is 20.3 Å². The highest BCUT2D eigenvalue weighted by Gasteiger charge is 2.41. The molecule has 2 atom stereocenters. The number of hydrogen-bond acceptors (Lipinski definition) is 4. The van der Waals surface area contributed by atoms with Crippen molar-refractivity contribution >= 4 is 5.97 Å². The molecule has 0 amide bonds. The molecule has 1 aliphatic heterocycles. The maximum Gasteiger partial charge on any atom is 0.326 e. The summed E-state index contributed by atoms with van der Waals surface area (Å²) in [5, 5.41) is 3.30. The van der Waals surface area contributed by atoms with Crippen LogP contribution in [0, 0.1) is 0 Å². The first-order chi connectivity index (χ1) is 7.64. The van der Waals surface area contributed by atoms with E-state index in [1.165, 1.54) is 0 Å². The summed E-state index contributed by atoms with van der Waals surface area (Å²) in [7, 11) is 1.61. The molecule has 0 aromatic rings. The summed E-state index contributed by atoms with van der Waals surface area (Å²) in [6, 6.07) is 0. The average molecular weight is 229 g/mol. The van der Waals surface area contributed by atoms with Crippen molar-refractivity contribution in [3.63, 3.8) is 0 Å². The van der Waals surface area contributed by atoms with Gasteiger partial charge in [-0.2, -0.15) is 0 Å². The maximum atomic E-state index is 12.1. The van der Waals surface area contributed by atoms with Gasteiger partial charge in [-0.05, 0) is 32.7 Å². The van der Waals surface area contributed by atoms with Gasteiger partial charge >= 0.3 is 5.97 Å². The van der Waals surface area contributed by atoms with Crippen LogP contribution in [0.5, 0.6) is 0 Å². The van der Waals surface area contributed by atoms with E-state index in [-0.39, 0.29) is 12.1 Å². The number of esters is 1. The normalized spacial score (nSPS) is 26.7. The van der Waals surface area contributed by atoms with Crippen LogP contribution in [0.1, 0.15) is 39.5 Å². The van der Waals surface area contributed by atoms with Crippen LogP contribution in [-0.2, 0) is 14.3 Å². The second-order valence-electron chi connectivity index (χ2n) is 4.53. The van der Waals surface area contributed by atoms with E-state index in [1.54, 1.807) is 7.11 Å². The molecule has 1 N–H and O–H groups in total. The lowest BCUT2D eigenvalue weighted by atomic mass is 9.92. The Kier molecular flexibility index (Phi) is 5.22. The zero-order chi connectivity index (χ0) is 12.0. The molecule has 0 spiro atoms. The molecule has 0 aliphatic carbocycles. The summed E-state index contributed by atoms with van der Waals surface area (Å²) in [6.45, 7) is 5.31. The van der Waals surface area contributed by atoms with Crippen molar-refractivity contribution in [2.45, 2.75) is 51.2 Å². The van der Waals surface area contributed by atoms with Crippen LogP contribution in [-0.4, -0.2) is 37.9 Å². The number of carbonyl (C=O) groups is 1. The minimum atomic E-state index is -0.434. The zero-order valence-electron chi connectivity index (χ0n) is 10.5. The minimum Gasteiger partial charge on any atom is -0.459 e. The number of ether oxygens (including phenoxy) is 2. The molecule has 0 aromatic heterocycles. The number of hydrogen-bond donors (Lipinski definition) is 1. The third-order valence-corrected chi connectivity index (χ3v) is 3.02.